The highest BCUT2D eigenvalue weighted by Gasteiger charge is 2.43. The Labute approximate surface area is 139 Å². The van der Waals surface area contributed by atoms with Gasteiger partial charge in [-0.25, -0.2) is 0 Å². The van der Waals surface area contributed by atoms with Crippen LogP contribution in [0.1, 0.15) is 31.7 Å². The summed E-state index contributed by atoms with van der Waals surface area (Å²) in [6.45, 7) is 1.83. The molecule has 1 aliphatic heterocycles. The number of alkyl halides is 3. The standard InChI is InChI=1S/C17H22F3NO3/c1-12(22)23-8-3-5-13-4-2-6-14(10-13)21-15-7-9-24-16(11-15)17(18,19)20/h2,4,6,10,15-16,21H,3,5,7-9,11H2,1H3. The summed E-state index contributed by atoms with van der Waals surface area (Å²) in [6, 6.07) is 7.31. The molecule has 0 spiro atoms. The number of halogens is 3. The van der Waals surface area contributed by atoms with Crippen molar-refractivity contribution in [1.29, 1.82) is 0 Å². The number of ether oxygens (including phenoxy) is 2. The molecule has 7 heteroatoms. The number of carbonyl (C=O) groups excluding carboxylic acids is 1. The normalized spacial score (nSPS) is 21.3. The molecule has 134 valence electrons. The number of benzene rings is 1. The lowest BCUT2D eigenvalue weighted by Gasteiger charge is -2.31. The van der Waals surface area contributed by atoms with E-state index in [0.29, 0.717) is 19.4 Å². The molecule has 1 aromatic carbocycles. The highest BCUT2D eigenvalue weighted by atomic mass is 19.4. The Kier molecular flexibility index (Phi) is 6.48. The van der Waals surface area contributed by atoms with E-state index < -0.39 is 12.3 Å². The molecule has 1 heterocycles. The molecule has 0 amide bonds. The number of rotatable bonds is 6. The van der Waals surface area contributed by atoms with E-state index in [0.717, 1.165) is 17.7 Å². The Morgan fingerprint density at radius 1 is 1.42 bits per heavy atom. The lowest BCUT2D eigenvalue weighted by molar-refractivity contribution is -0.230. The number of carbonyl (C=O) groups is 1. The average molecular weight is 345 g/mol. The van der Waals surface area contributed by atoms with Gasteiger partial charge in [-0.1, -0.05) is 12.1 Å². The molecule has 1 aliphatic rings. The first-order chi connectivity index (χ1) is 11.3. The van der Waals surface area contributed by atoms with Crippen molar-refractivity contribution in [3.05, 3.63) is 29.8 Å². The van der Waals surface area contributed by atoms with Crippen LogP contribution in [0.25, 0.3) is 0 Å². The van der Waals surface area contributed by atoms with Gasteiger partial charge in [-0.05, 0) is 37.0 Å². The summed E-state index contributed by atoms with van der Waals surface area (Å²) in [4.78, 5) is 10.7. The molecule has 1 N–H and O–H groups in total. The van der Waals surface area contributed by atoms with Crippen LogP contribution in [-0.4, -0.2) is 37.5 Å². The van der Waals surface area contributed by atoms with E-state index in [1.54, 1.807) is 0 Å². The van der Waals surface area contributed by atoms with Crippen molar-refractivity contribution in [1.82, 2.24) is 0 Å². The summed E-state index contributed by atoms with van der Waals surface area (Å²) in [5, 5.41) is 3.17. The Morgan fingerprint density at radius 3 is 2.92 bits per heavy atom. The minimum Gasteiger partial charge on any atom is -0.466 e. The predicted molar refractivity (Wildman–Crippen MR) is 83.8 cm³/mol. The molecule has 2 atom stereocenters. The monoisotopic (exact) mass is 345 g/mol. The third-order valence-electron chi connectivity index (χ3n) is 3.86. The van der Waals surface area contributed by atoms with E-state index in [2.05, 4.69) is 5.32 Å². The molecule has 0 aliphatic carbocycles. The van der Waals surface area contributed by atoms with Gasteiger partial charge in [0.25, 0.3) is 0 Å². The van der Waals surface area contributed by atoms with Gasteiger partial charge in [-0.15, -0.1) is 0 Å². The first-order valence-corrected chi connectivity index (χ1v) is 8.02. The van der Waals surface area contributed by atoms with Crippen LogP contribution in [0.2, 0.25) is 0 Å². The first-order valence-electron chi connectivity index (χ1n) is 8.02. The van der Waals surface area contributed by atoms with E-state index in [4.69, 9.17) is 9.47 Å². The molecule has 1 aromatic rings. The van der Waals surface area contributed by atoms with Crippen molar-refractivity contribution in [2.45, 2.75) is 50.9 Å². The fourth-order valence-corrected chi connectivity index (χ4v) is 2.70. The quantitative estimate of drug-likeness (QED) is 0.631. The molecule has 2 rings (SSSR count). The number of aryl methyl sites for hydroxylation is 1. The SMILES string of the molecule is CC(=O)OCCCc1cccc(NC2CCOC(C(F)(F)F)C2)c1. The van der Waals surface area contributed by atoms with Crippen LogP contribution in [0.15, 0.2) is 24.3 Å². The molecule has 4 nitrogen and oxygen atoms in total. The zero-order valence-electron chi connectivity index (χ0n) is 13.6. The number of hydrogen-bond acceptors (Lipinski definition) is 4. The van der Waals surface area contributed by atoms with Crippen LogP contribution in [0.4, 0.5) is 18.9 Å². The maximum absolute atomic E-state index is 12.8. The van der Waals surface area contributed by atoms with Gasteiger partial charge in [0.2, 0.25) is 0 Å². The van der Waals surface area contributed by atoms with Crippen LogP contribution in [0.5, 0.6) is 0 Å². The molecule has 1 fully saturated rings. The highest BCUT2D eigenvalue weighted by molar-refractivity contribution is 5.65. The maximum Gasteiger partial charge on any atom is 0.414 e. The Bertz CT molecular complexity index is 548. The summed E-state index contributed by atoms with van der Waals surface area (Å²) < 4.78 is 48.0. The highest BCUT2D eigenvalue weighted by Crippen LogP contribution is 2.31. The Balaban J connectivity index is 1.86. The second-order valence-electron chi connectivity index (χ2n) is 5.91. The summed E-state index contributed by atoms with van der Waals surface area (Å²) in [6.07, 6.45) is -4.11. The van der Waals surface area contributed by atoms with Gasteiger partial charge < -0.3 is 14.8 Å². The molecule has 24 heavy (non-hydrogen) atoms. The van der Waals surface area contributed by atoms with Crippen molar-refractivity contribution >= 4 is 11.7 Å². The minimum atomic E-state index is -4.32. The largest absolute Gasteiger partial charge is 0.466 e. The van der Waals surface area contributed by atoms with Crippen molar-refractivity contribution in [3.8, 4) is 0 Å². The molecule has 1 saturated heterocycles. The summed E-state index contributed by atoms with van der Waals surface area (Å²) in [7, 11) is 0. The van der Waals surface area contributed by atoms with Gasteiger partial charge in [0.1, 0.15) is 0 Å². The third-order valence-corrected chi connectivity index (χ3v) is 3.86. The number of hydrogen-bond donors (Lipinski definition) is 1. The van der Waals surface area contributed by atoms with Crippen molar-refractivity contribution in [3.63, 3.8) is 0 Å². The summed E-state index contributed by atoms with van der Waals surface area (Å²) >= 11 is 0. The lowest BCUT2D eigenvalue weighted by Crippen LogP contribution is -2.42. The second kappa shape index (κ2) is 8.37. The zero-order chi connectivity index (χ0) is 17.6. The number of nitrogens with one attached hydrogen (secondary N) is 1. The van der Waals surface area contributed by atoms with Gasteiger partial charge in [0.15, 0.2) is 6.10 Å². The van der Waals surface area contributed by atoms with Crippen molar-refractivity contribution < 1.29 is 27.4 Å². The number of anilines is 1. The van der Waals surface area contributed by atoms with Crippen LogP contribution in [-0.2, 0) is 20.7 Å². The zero-order valence-corrected chi connectivity index (χ0v) is 13.6. The van der Waals surface area contributed by atoms with Crippen LogP contribution < -0.4 is 5.32 Å². The lowest BCUT2D eigenvalue weighted by atomic mass is 10.0. The molecule has 0 bridgehead atoms. The molecule has 2 unspecified atom stereocenters. The summed E-state index contributed by atoms with van der Waals surface area (Å²) in [5.41, 5.74) is 1.85. The van der Waals surface area contributed by atoms with Gasteiger partial charge in [-0.3, -0.25) is 4.79 Å². The Morgan fingerprint density at radius 2 is 2.21 bits per heavy atom. The molecule has 0 saturated carbocycles. The van der Waals surface area contributed by atoms with Crippen molar-refractivity contribution in [2.75, 3.05) is 18.5 Å². The smallest absolute Gasteiger partial charge is 0.414 e. The second-order valence-corrected chi connectivity index (χ2v) is 5.91. The van der Waals surface area contributed by atoms with Crippen LogP contribution in [0.3, 0.4) is 0 Å². The van der Waals surface area contributed by atoms with E-state index in [1.165, 1.54) is 6.92 Å². The third kappa shape index (κ3) is 6.03. The van der Waals surface area contributed by atoms with E-state index >= 15 is 0 Å². The van der Waals surface area contributed by atoms with Gasteiger partial charge >= 0.3 is 12.1 Å². The average Bonchev–Trinajstić information content (AvgIpc) is 2.51. The molecule has 0 radical (unpaired) electrons. The fraction of sp³-hybridized carbons (Fsp3) is 0.588. The fourth-order valence-electron chi connectivity index (χ4n) is 2.70. The van der Waals surface area contributed by atoms with E-state index in [-0.39, 0.29) is 25.0 Å². The minimum absolute atomic E-state index is 0.0832. The predicted octanol–water partition coefficient (Wildman–Crippen LogP) is 3.70. The van der Waals surface area contributed by atoms with Gasteiger partial charge in [-0.2, -0.15) is 13.2 Å². The van der Waals surface area contributed by atoms with Crippen LogP contribution >= 0.6 is 0 Å². The molecule has 0 aromatic heterocycles. The van der Waals surface area contributed by atoms with Crippen molar-refractivity contribution in [2.24, 2.45) is 0 Å². The van der Waals surface area contributed by atoms with Gasteiger partial charge in [0.05, 0.1) is 6.61 Å². The van der Waals surface area contributed by atoms with E-state index in [9.17, 15) is 18.0 Å². The Hall–Kier alpha value is -1.76. The molecular weight excluding hydrogens is 323 g/mol. The maximum atomic E-state index is 12.8. The molecular formula is C17H22F3NO3. The topological polar surface area (TPSA) is 47.6 Å². The van der Waals surface area contributed by atoms with E-state index in [1.807, 2.05) is 24.3 Å². The summed E-state index contributed by atoms with van der Waals surface area (Å²) in [5.74, 6) is -0.302. The van der Waals surface area contributed by atoms with Gasteiger partial charge in [0, 0.05) is 31.7 Å². The number of esters is 1. The van der Waals surface area contributed by atoms with Crippen LogP contribution in [0, 0.1) is 0 Å². The first kappa shape index (κ1) is 18.6.